The van der Waals surface area contributed by atoms with Crippen LogP contribution in [0.1, 0.15) is 12.8 Å². The molecule has 0 aliphatic heterocycles. The largest absolute Gasteiger partial charge is 0.383 e. The Labute approximate surface area is 172 Å². The van der Waals surface area contributed by atoms with E-state index in [0.717, 1.165) is 22.3 Å². The third-order valence-corrected chi connectivity index (χ3v) is 7.18. The molecule has 154 valence electrons. The van der Waals surface area contributed by atoms with Gasteiger partial charge in [0.2, 0.25) is 5.91 Å². The van der Waals surface area contributed by atoms with Crippen LogP contribution >= 0.6 is 11.3 Å². The number of thiazole rings is 1. The zero-order valence-corrected chi connectivity index (χ0v) is 17.5. The van der Waals surface area contributed by atoms with E-state index in [-0.39, 0.29) is 29.4 Å². The van der Waals surface area contributed by atoms with Crippen LogP contribution in [0.2, 0.25) is 0 Å². The molecule has 0 bridgehead atoms. The number of amides is 1. The summed E-state index contributed by atoms with van der Waals surface area (Å²) in [6, 6.07) is 12.4. The Morgan fingerprint density at radius 1 is 1.17 bits per heavy atom. The number of para-hydroxylation sites is 1. The molecule has 0 radical (unpaired) electrons. The van der Waals surface area contributed by atoms with Crippen molar-refractivity contribution in [2.75, 3.05) is 19.5 Å². The molecule has 0 aliphatic carbocycles. The van der Waals surface area contributed by atoms with Gasteiger partial charge in [-0.1, -0.05) is 23.5 Å². The second-order valence-electron chi connectivity index (χ2n) is 6.38. The van der Waals surface area contributed by atoms with Crippen LogP contribution in [-0.2, 0) is 25.9 Å². The lowest BCUT2D eigenvalue weighted by atomic mass is 10.3. The average molecular weight is 437 g/mol. The Balaban J connectivity index is 1.71. The predicted octanol–water partition coefficient (Wildman–Crippen LogP) is 3.17. The van der Waals surface area contributed by atoms with E-state index in [1.807, 2.05) is 28.8 Å². The third-order valence-electron chi connectivity index (χ3n) is 4.30. The highest BCUT2D eigenvalue weighted by atomic mass is 32.2. The maximum atomic E-state index is 13.0. The number of halogens is 1. The topological polar surface area (TPSA) is 77.7 Å². The van der Waals surface area contributed by atoms with Crippen molar-refractivity contribution < 1.29 is 22.3 Å². The van der Waals surface area contributed by atoms with E-state index in [0.29, 0.717) is 18.0 Å². The standard InChI is InChI=1S/C20H21FN2O4S2/c1-27-13-12-23-17-5-2-3-6-18(17)28-20(23)22-19(24)7-4-14-29(25,26)16-10-8-15(21)9-11-16/h2-3,5-6,8-11H,4,7,12-14H2,1H3. The lowest BCUT2D eigenvalue weighted by Crippen LogP contribution is -2.19. The van der Waals surface area contributed by atoms with Crippen molar-refractivity contribution >= 4 is 37.3 Å². The van der Waals surface area contributed by atoms with Gasteiger partial charge in [-0.25, -0.2) is 12.8 Å². The first-order valence-electron chi connectivity index (χ1n) is 9.04. The van der Waals surface area contributed by atoms with Crippen LogP contribution in [0.25, 0.3) is 10.2 Å². The van der Waals surface area contributed by atoms with Gasteiger partial charge in [0.25, 0.3) is 0 Å². The lowest BCUT2D eigenvalue weighted by molar-refractivity contribution is -0.118. The van der Waals surface area contributed by atoms with Gasteiger partial charge < -0.3 is 9.30 Å². The molecule has 0 saturated carbocycles. The molecule has 0 N–H and O–H groups in total. The van der Waals surface area contributed by atoms with Crippen molar-refractivity contribution in [3.63, 3.8) is 0 Å². The third kappa shape index (κ3) is 5.37. The number of aromatic nitrogens is 1. The number of carbonyl (C=O) groups is 1. The van der Waals surface area contributed by atoms with Crippen molar-refractivity contribution in [2.45, 2.75) is 24.3 Å². The van der Waals surface area contributed by atoms with Crippen LogP contribution in [0, 0.1) is 5.82 Å². The number of rotatable bonds is 8. The minimum absolute atomic E-state index is 0.0128. The number of methoxy groups -OCH3 is 1. The molecule has 9 heteroatoms. The fourth-order valence-electron chi connectivity index (χ4n) is 2.84. The summed E-state index contributed by atoms with van der Waals surface area (Å²) in [6.45, 7) is 1.05. The average Bonchev–Trinajstić information content (AvgIpc) is 3.03. The van der Waals surface area contributed by atoms with Crippen LogP contribution in [0.5, 0.6) is 0 Å². The van der Waals surface area contributed by atoms with Crippen LogP contribution in [-0.4, -0.2) is 38.4 Å². The molecule has 0 saturated heterocycles. The zero-order valence-electron chi connectivity index (χ0n) is 15.9. The number of hydrogen-bond acceptors (Lipinski definition) is 5. The quantitative estimate of drug-likeness (QED) is 0.508. The molecule has 1 heterocycles. The minimum atomic E-state index is -3.57. The normalized spacial score (nSPS) is 12.6. The number of ether oxygens (including phenoxy) is 1. The number of hydrogen-bond donors (Lipinski definition) is 0. The number of sulfone groups is 1. The smallest absolute Gasteiger partial charge is 0.248 e. The van der Waals surface area contributed by atoms with E-state index in [9.17, 15) is 17.6 Å². The Bertz CT molecular complexity index is 1170. The first kappa shape index (κ1) is 21.4. The Morgan fingerprint density at radius 2 is 1.90 bits per heavy atom. The summed E-state index contributed by atoms with van der Waals surface area (Å²) in [5.41, 5.74) is 0.972. The number of carbonyl (C=O) groups excluding carboxylic acids is 1. The monoisotopic (exact) mass is 436 g/mol. The van der Waals surface area contributed by atoms with E-state index >= 15 is 0 Å². The molecular weight excluding hydrogens is 415 g/mol. The van der Waals surface area contributed by atoms with Gasteiger partial charge in [-0.3, -0.25) is 4.79 Å². The second-order valence-corrected chi connectivity index (χ2v) is 9.50. The number of nitrogens with zero attached hydrogens (tertiary/aromatic N) is 2. The summed E-state index contributed by atoms with van der Waals surface area (Å²) >= 11 is 1.41. The molecule has 3 rings (SSSR count). The molecular formula is C20H21FN2O4S2. The summed E-state index contributed by atoms with van der Waals surface area (Å²) in [5, 5.41) is 0. The highest BCUT2D eigenvalue weighted by molar-refractivity contribution is 7.91. The summed E-state index contributed by atoms with van der Waals surface area (Å²) in [5.74, 6) is -1.07. The summed E-state index contributed by atoms with van der Waals surface area (Å²) in [6.07, 6.45) is 0.157. The van der Waals surface area contributed by atoms with Crippen molar-refractivity contribution in [1.29, 1.82) is 0 Å². The molecule has 0 atom stereocenters. The summed E-state index contributed by atoms with van der Waals surface area (Å²) < 4.78 is 45.6. The van der Waals surface area contributed by atoms with Gasteiger partial charge >= 0.3 is 0 Å². The molecule has 29 heavy (non-hydrogen) atoms. The number of benzene rings is 2. The van der Waals surface area contributed by atoms with Crippen molar-refractivity contribution in [3.8, 4) is 0 Å². The van der Waals surface area contributed by atoms with Crippen LogP contribution in [0.15, 0.2) is 58.4 Å². The van der Waals surface area contributed by atoms with Gasteiger partial charge in [0.15, 0.2) is 14.6 Å². The zero-order chi connectivity index (χ0) is 20.9. The summed E-state index contributed by atoms with van der Waals surface area (Å²) in [7, 11) is -1.96. The minimum Gasteiger partial charge on any atom is -0.383 e. The first-order chi connectivity index (χ1) is 13.9. The first-order valence-corrected chi connectivity index (χ1v) is 11.5. The molecule has 0 spiro atoms. The summed E-state index contributed by atoms with van der Waals surface area (Å²) in [4.78, 5) is 17.1. The molecule has 1 amide bonds. The highest BCUT2D eigenvalue weighted by Gasteiger charge is 2.15. The highest BCUT2D eigenvalue weighted by Crippen LogP contribution is 2.17. The molecule has 0 unspecified atom stereocenters. The van der Waals surface area contributed by atoms with Gasteiger partial charge in [0, 0.05) is 20.1 Å². The maximum absolute atomic E-state index is 13.0. The predicted molar refractivity (Wildman–Crippen MR) is 110 cm³/mol. The lowest BCUT2D eigenvalue weighted by Gasteiger charge is -2.04. The van der Waals surface area contributed by atoms with E-state index in [4.69, 9.17) is 4.74 Å². The molecule has 2 aromatic carbocycles. The van der Waals surface area contributed by atoms with E-state index in [1.165, 1.54) is 23.5 Å². The second kappa shape index (κ2) is 9.43. The fourth-order valence-corrected chi connectivity index (χ4v) is 5.22. The molecule has 3 aromatic rings. The van der Waals surface area contributed by atoms with Crippen LogP contribution in [0.4, 0.5) is 4.39 Å². The fraction of sp³-hybridized carbons (Fsp3) is 0.300. The Hall–Kier alpha value is -2.36. The van der Waals surface area contributed by atoms with Crippen molar-refractivity contribution in [1.82, 2.24) is 4.57 Å². The van der Waals surface area contributed by atoms with Gasteiger partial charge in [-0.15, -0.1) is 0 Å². The van der Waals surface area contributed by atoms with Gasteiger partial charge in [0.1, 0.15) is 5.82 Å². The van der Waals surface area contributed by atoms with Crippen LogP contribution in [0.3, 0.4) is 0 Å². The SMILES string of the molecule is COCCn1c(=NC(=O)CCCS(=O)(=O)c2ccc(F)cc2)sc2ccccc21. The van der Waals surface area contributed by atoms with Gasteiger partial charge in [-0.2, -0.15) is 4.99 Å². The van der Waals surface area contributed by atoms with E-state index in [2.05, 4.69) is 4.99 Å². The Kier molecular flexibility index (Phi) is 6.94. The molecule has 6 nitrogen and oxygen atoms in total. The van der Waals surface area contributed by atoms with Gasteiger partial charge in [-0.05, 0) is 42.8 Å². The molecule has 0 aliphatic rings. The molecule has 0 fully saturated rings. The maximum Gasteiger partial charge on any atom is 0.248 e. The van der Waals surface area contributed by atoms with E-state index in [1.54, 1.807) is 7.11 Å². The Morgan fingerprint density at radius 3 is 2.62 bits per heavy atom. The van der Waals surface area contributed by atoms with Crippen molar-refractivity contribution in [3.05, 3.63) is 59.1 Å². The van der Waals surface area contributed by atoms with E-state index < -0.39 is 15.7 Å². The van der Waals surface area contributed by atoms with Crippen LogP contribution < -0.4 is 4.80 Å². The number of fused-ring (bicyclic) bond motifs is 1. The van der Waals surface area contributed by atoms with Crippen molar-refractivity contribution in [2.24, 2.45) is 4.99 Å². The molecule has 1 aromatic heterocycles. The van der Waals surface area contributed by atoms with Gasteiger partial charge in [0.05, 0.1) is 27.5 Å².